The van der Waals surface area contributed by atoms with Crippen molar-refractivity contribution in [2.24, 2.45) is 0 Å². The number of fused-ring (bicyclic) bond motifs is 1. The maximum atomic E-state index is 12.6. The van der Waals surface area contributed by atoms with Crippen molar-refractivity contribution in [1.82, 2.24) is 19.7 Å². The quantitative estimate of drug-likeness (QED) is 0.785. The van der Waals surface area contributed by atoms with Gasteiger partial charge in [-0.2, -0.15) is 5.10 Å². The van der Waals surface area contributed by atoms with Crippen molar-refractivity contribution in [2.75, 3.05) is 5.32 Å². The zero-order valence-electron chi connectivity index (χ0n) is 13.6. The van der Waals surface area contributed by atoms with Gasteiger partial charge < -0.3 is 0 Å². The van der Waals surface area contributed by atoms with Gasteiger partial charge in [0.25, 0.3) is 5.56 Å². The fourth-order valence-corrected chi connectivity index (χ4v) is 3.37. The summed E-state index contributed by atoms with van der Waals surface area (Å²) in [5.74, 6) is -0.0420. The van der Waals surface area contributed by atoms with E-state index >= 15 is 0 Å². The monoisotopic (exact) mass is 343 g/mol. The molecule has 124 valence electrons. The first-order valence-electron chi connectivity index (χ1n) is 7.53. The lowest BCUT2D eigenvalue weighted by atomic mass is 10.1. The number of aromatic nitrogens is 4. The van der Waals surface area contributed by atoms with Crippen LogP contribution in [-0.4, -0.2) is 25.7 Å². The lowest BCUT2D eigenvalue weighted by Crippen LogP contribution is -2.30. The van der Waals surface area contributed by atoms with Crippen LogP contribution in [0, 0.1) is 6.92 Å². The number of thiophene rings is 1. The van der Waals surface area contributed by atoms with E-state index in [0.29, 0.717) is 4.70 Å². The Kier molecular flexibility index (Phi) is 4.39. The van der Waals surface area contributed by atoms with E-state index in [1.54, 1.807) is 6.07 Å². The fourth-order valence-electron chi connectivity index (χ4n) is 2.41. The summed E-state index contributed by atoms with van der Waals surface area (Å²) < 4.78 is 1.85. The van der Waals surface area contributed by atoms with Gasteiger partial charge in [0, 0.05) is 22.7 Å². The molecule has 0 fully saturated rings. The first kappa shape index (κ1) is 16.3. The Morgan fingerprint density at radius 2 is 2.04 bits per heavy atom. The van der Waals surface area contributed by atoms with Crippen LogP contribution in [0.5, 0.6) is 0 Å². The number of nitrogens with one attached hydrogen (secondary N) is 1. The number of hydrogen-bond donors (Lipinski definition) is 1. The van der Waals surface area contributed by atoms with Crippen molar-refractivity contribution in [3.8, 4) is 0 Å². The molecule has 3 heterocycles. The molecule has 0 bridgehead atoms. The lowest BCUT2D eigenvalue weighted by molar-refractivity contribution is -0.117. The second-order valence-corrected chi connectivity index (χ2v) is 6.98. The summed E-state index contributed by atoms with van der Waals surface area (Å²) in [5, 5.41) is 7.84. The molecule has 1 amide bonds. The summed E-state index contributed by atoms with van der Waals surface area (Å²) in [7, 11) is 0. The highest BCUT2D eigenvalue weighted by atomic mass is 32.1. The zero-order chi connectivity index (χ0) is 17.3. The second kappa shape index (κ2) is 6.48. The summed E-state index contributed by atoms with van der Waals surface area (Å²) >= 11 is 1.43. The molecule has 0 aliphatic carbocycles. The molecule has 0 radical (unpaired) electrons. The molecule has 3 rings (SSSR count). The van der Waals surface area contributed by atoms with Crippen LogP contribution >= 0.6 is 11.3 Å². The highest BCUT2D eigenvalue weighted by molar-refractivity contribution is 7.18. The highest BCUT2D eigenvalue weighted by Gasteiger charge is 2.17. The Morgan fingerprint density at radius 3 is 2.71 bits per heavy atom. The zero-order valence-corrected chi connectivity index (χ0v) is 14.4. The van der Waals surface area contributed by atoms with Crippen LogP contribution < -0.4 is 10.9 Å². The van der Waals surface area contributed by atoms with E-state index in [2.05, 4.69) is 20.4 Å². The predicted octanol–water partition coefficient (Wildman–Crippen LogP) is 2.32. The summed E-state index contributed by atoms with van der Waals surface area (Å²) in [6.45, 7) is 5.81. The number of nitrogens with zero attached hydrogens (tertiary/aromatic N) is 4. The molecular weight excluding hydrogens is 326 g/mol. The molecule has 1 N–H and O–H groups in total. The minimum atomic E-state index is -0.391. The number of rotatable bonds is 4. The van der Waals surface area contributed by atoms with Crippen LogP contribution in [0.2, 0.25) is 0 Å². The first-order chi connectivity index (χ1) is 11.5. The average molecular weight is 343 g/mol. The minimum absolute atomic E-state index is 0.147. The van der Waals surface area contributed by atoms with Crippen LogP contribution in [0.1, 0.15) is 30.3 Å². The van der Waals surface area contributed by atoms with Gasteiger partial charge in [-0.1, -0.05) is 13.8 Å². The number of amides is 1. The molecule has 3 aromatic heterocycles. The predicted molar refractivity (Wildman–Crippen MR) is 93.4 cm³/mol. The van der Waals surface area contributed by atoms with Gasteiger partial charge in [-0.05, 0) is 25.0 Å². The highest BCUT2D eigenvalue weighted by Crippen LogP contribution is 2.27. The van der Waals surface area contributed by atoms with E-state index in [1.165, 1.54) is 28.4 Å². The molecule has 0 aliphatic rings. The van der Waals surface area contributed by atoms with Crippen LogP contribution in [0.4, 0.5) is 5.95 Å². The fraction of sp³-hybridized carbons (Fsp3) is 0.312. The number of anilines is 1. The average Bonchev–Trinajstić information content (AvgIpc) is 2.92. The SMILES string of the molecule is Cc1cc2c(C(C)C)nn(CC(=O)Nc3ncccn3)c(=O)c2s1. The van der Waals surface area contributed by atoms with Crippen molar-refractivity contribution < 1.29 is 4.79 Å². The van der Waals surface area contributed by atoms with Crippen LogP contribution in [-0.2, 0) is 11.3 Å². The third-order valence-corrected chi connectivity index (χ3v) is 4.48. The normalized spacial score (nSPS) is 11.2. The van der Waals surface area contributed by atoms with Crippen LogP contribution in [0.15, 0.2) is 29.3 Å². The van der Waals surface area contributed by atoms with Crippen molar-refractivity contribution >= 4 is 33.3 Å². The Hall–Kier alpha value is -2.61. The summed E-state index contributed by atoms with van der Waals surface area (Å²) in [6, 6.07) is 3.63. The van der Waals surface area contributed by atoms with Crippen molar-refractivity contribution in [1.29, 1.82) is 0 Å². The lowest BCUT2D eigenvalue weighted by Gasteiger charge is -2.11. The molecule has 0 aromatic carbocycles. The molecule has 7 nitrogen and oxygen atoms in total. The van der Waals surface area contributed by atoms with E-state index in [1.807, 2.05) is 26.8 Å². The van der Waals surface area contributed by atoms with Crippen molar-refractivity contribution in [3.05, 3.63) is 45.5 Å². The smallest absolute Gasteiger partial charge is 0.285 e. The molecule has 0 saturated carbocycles. The summed E-state index contributed by atoms with van der Waals surface area (Å²) in [4.78, 5) is 33.7. The number of carbonyl (C=O) groups is 1. The molecule has 0 saturated heterocycles. The Labute approximate surface area is 142 Å². The summed E-state index contributed by atoms with van der Waals surface area (Å²) in [6.07, 6.45) is 3.06. The third-order valence-electron chi connectivity index (χ3n) is 3.45. The molecule has 3 aromatic rings. The first-order valence-corrected chi connectivity index (χ1v) is 8.35. The molecule has 0 aliphatic heterocycles. The van der Waals surface area contributed by atoms with Gasteiger partial charge in [-0.25, -0.2) is 14.6 Å². The van der Waals surface area contributed by atoms with Gasteiger partial charge >= 0.3 is 0 Å². The number of hydrogen-bond acceptors (Lipinski definition) is 6. The van der Waals surface area contributed by atoms with Gasteiger partial charge in [0.1, 0.15) is 11.2 Å². The van der Waals surface area contributed by atoms with Crippen molar-refractivity contribution in [3.63, 3.8) is 0 Å². The Bertz CT molecular complexity index is 946. The van der Waals surface area contributed by atoms with Gasteiger partial charge in [0.15, 0.2) is 0 Å². The molecule has 0 spiro atoms. The molecule has 8 heteroatoms. The van der Waals surface area contributed by atoms with Gasteiger partial charge in [-0.15, -0.1) is 11.3 Å². The molecule has 0 unspecified atom stereocenters. The molecular formula is C16H17N5O2S. The largest absolute Gasteiger partial charge is 0.293 e. The number of carbonyl (C=O) groups excluding carboxylic acids is 1. The Morgan fingerprint density at radius 1 is 1.33 bits per heavy atom. The van der Waals surface area contributed by atoms with Gasteiger partial charge in [0.05, 0.1) is 5.69 Å². The maximum Gasteiger partial charge on any atom is 0.285 e. The van der Waals surface area contributed by atoms with Crippen LogP contribution in [0.25, 0.3) is 10.1 Å². The third kappa shape index (κ3) is 3.18. The minimum Gasteiger partial charge on any atom is -0.293 e. The molecule has 24 heavy (non-hydrogen) atoms. The van der Waals surface area contributed by atoms with Gasteiger partial charge in [0.2, 0.25) is 11.9 Å². The van der Waals surface area contributed by atoms with E-state index in [0.717, 1.165) is 16.0 Å². The summed E-state index contributed by atoms with van der Waals surface area (Å²) in [5.41, 5.74) is 0.564. The van der Waals surface area contributed by atoms with Gasteiger partial charge in [-0.3, -0.25) is 14.9 Å². The topological polar surface area (TPSA) is 89.8 Å². The Balaban J connectivity index is 1.96. The van der Waals surface area contributed by atoms with E-state index in [4.69, 9.17) is 0 Å². The number of aryl methyl sites for hydroxylation is 1. The van der Waals surface area contributed by atoms with E-state index in [9.17, 15) is 9.59 Å². The van der Waals surface area contributed by atoms with Crippen LogP contribution in [0.3, 0.4) is 0 Å². The van der Waals surface area contributed by atoms with E-state index < -0.39 is 5.91 Å². The molecule has 0 atom stereocenters. The van der Waals surface area contributed by atoms with Crippen molar-refractivity contribution in [2.45, 2.75) is 33.2 Å². The standard InChI is InChI=1S/C16H17N5O2S/c1-9(2)13-11-7-10(3)24-14(11)15(23)21(20-13)8-12(22)19-16-17-5-4-6-18-16/h4-7,9H,8H2,1-3H3,(H,17,18,19,22). The maximum absolute atomic E-state index is 12.6. The second-order valence-electron chi connectivity index (χ2n) is 5.72. The van der Waals surface area contributed by atoms with E-state index in [-0.39, 0.29) is 24.0 Å².